The smallest absolute Gasteiger partial charge is 0.135 e. The molecule has 47 heavy (non-hydrogen) atoms. The van der Waals surface area contributed by atoms with E-state index in [1.165, 1.54) is 39.1 Å². The molecule has 0 bridgehead atoms. The van der Waals surface area contributed by atoms with Crippen LogP contribution in [-0.2, 0) is 26.5 Å². The predicted molar refractivity (Wildman–Crippen MR) is 190 cm³/mol. The fourth-order valence-electron chi connectivity index (χ4n) is 6.44. The normalized spacial score (nSPS) is 13.1. The van der Waals surface area contributed by atoms with E-state index in [-0.39, 0.29) is 26.5 Å². The molecule has 7 rings (SSSR count). The number of ether oxygens (including phenoxy) is 1. The largest absolute Gasteiger partial charge is 0.509 e. The van der Waals surface area contributed by atoms with E-state index in [0.717, 1.165) is 33.3 Å². The zero-order chi connectivity index (χ0) is 32.3. The van der Waals surface area contributed by atoms with E-state index < -0.39 is 0 Å². The molecule has 3 heterocycles. The summed E-state index contributed by atoms with van der Waals surface area (Å²) < 4.78 is 8.61. The molecule has 0 spiro atoms. The van der Waals surface area contributed by atoms with Crippen LogP contribution >= 0.6 is 0 Å². The van der Waals surface area contributed by atoms with Gasteiger partial charge >= 0.3 is 0 Å². The predicted octanol–water partition coefficient (Wildman–Crippen LogP) is 10.3. The molecule has 1 aliphatic rings. The molecule has 0 amide bonds. The summed E-state index contributed by atoms with van der Waals surface area (Å²) >= 11 is 0. The topological polar surface area (TPSA) is 33.5 Å². The maximum absolute atomic E-state index is 6.42. The first-order chi connectivity index (χ1) is 22.0. The summed E-state index contributed by atoms with van der Waals surface area (Å²) in [5, 5.41) is 2.26. The number of hydrogen-bond acceptors (Lipinski definition) is 4. The number of pyridine rings is 1. The summed E-state index contributed by atoms with van der Waals surface area (Å²) in [5.74, 6) is 2.11. The van der Waals surface area contributed by atoms with Gasteiger partial charge in [-0.3, -0.25) is 0 Å². The molecule has 0 aliphatic carbocycles. The average molecular weight is 799 g/mol. The molecule has 242 valence electrons. The Morgan fingerprint density at radius 1 is 0.702 bits per heavy atom. The van der Waals surface area contributed by atoms with Crippen molar-refractivity contribution in [3.63, 3.8) is 0 Å². The van der Waals surface area contributed by atoms with Crippen molar-refractivity contribution < 1.29 is 25.8 Å². The third-order valence-corrected chi connectivity index (χ3v) is 9.50. The van der Waals surface area contributed by atoms with Gasteiger partial charge < -0.3 is 19.1 Å². The number of rotatable bonds is 5. The van der Waals surface area contributed by atoms with Crippen molar-refractivity contribution in [1.82, 2.24) is 9.55 Å². The van der Waals surface area contributed by atoms with E-state index in [0.29, 0.717) is 11.5 Å². The number of nitrogens with zero attached hydrogens (tertiary/aromatic N) is 4. The van der Waals surface area contributed by atoms with Crippen LogP contribution in [0.1, 0.15) is 54.2 Å². The standard InChI is InChI=1S/C41H39N4O.Pt/c1-26-27(2)29(4)40(30(5)28(26)3)44-21-20-43(25-44)32-12-11-13-33(23-32)46-34-16-17-36-35-14-9-10-15-37(35)45(38(36)24-34)39-22-31(18-19-42-39)41(6,7)8;/h9-22,25H,1-8H3;/q-3;. The van der Waals surface area contributed by atoms with Crippen molar-refractivity contribution in [3.8, 4) is 17.3 Å². The molecule has 0 fully saturated rings. The van der Waals surface area contributed by atoms with Crippen LogP contribution in [0.2, 0.25) is 0 Å². The number of benzene rings is 4. The maximum Gasteiger partial charge on any atom is 0.135 e. The van der Waals surface area contributed by atoms with E-state index in [1.807, 2.05) is 30.5 Å². The first-order valence-electron chi connectivity index (χ1n) is 15.8. The monoisotopic (exact) mass is 798 g/mol. The second-order valence-electron chi connectivity index (χ2n) is 13.3. The van der Waals surface area contributed by atoms with Gasteiger partial charge in [-0.1, -0.05) is 44.5 Å². The summed E-state index contributed by atoms with van der Waals surface area (Å²) in [6.07, 6.45) is 6.06. The van der Waals surface area contributed by atoms with Crippen LogP contribution in [0.5, 0.6) is 11.5 Å². The Balaban J connectivity index is 0.00000386. The van der Waals surface area contributed by atoms with Crippen LogP contribution in [0, 0.1) is 53.4 Å². The van der Waals surface area contributed by atoms with E-state index in [4.69, 9.17) is 9.72 Å². The molecule has 6 heteroatoms. The van der Waals surface area contributed by atoms with Crippen molar-refractivity contribution in [2.75, 3.05) is 9.80 Å². The molecule has 4 aromatic carbocycles. The van der Waals surface area contributed by atoms with Crippen LogP contribution < -0.4 is 14.5 Å². The van der Waals surface area contributed by atoms with Crippen molar-refractivity contribution in [1.29, 1.82) is 0 Å². The molecular weight excluding hydrogens is 760 g/mol. The van der Waals surface area contributed by atoms with Gasteiger partial charge in [-0.25, -0.2) is 4.98 Å². The SMILES string of the molecule is Cc1c(C)c(C)c(N2C=CN(c3[c-]c(Oc4[c-]c5c(cc4)c4ccccc4n5-c4cc(C(C)(C)C)ccn4)ccc3)[CH-]2)c(C)c1C.[Pt]. The Bertz CT molecular complexity index is 2140. The number of para-hydroxylation sites is 1. The van der Waals surface area contributed by atoms with Crippen molar-refractivity contribution in [2.45, 2.75) is 60.8 Å². The van der Waals surface area contributed by atoms with Gasteiger partial charge in [-0.2, -0.15) is 12.1 Å². The minimum Gasteiger partial charge on any atom is -0.509 e. The summed E-state index contributed by atoms with van der Waals surface area (Å²) in [6.45, 7) is 19.8. The molecule has 0 saturated heterocycles. The summed E-state index contributed by atoms with van der Waals surface area (Å²) in [7, 11) is 0. The molecule has 5 nitrogen and oxygen atoms in total. The maximum atomic E-state index is 6.42. The Morgan fingerprint density at radius 2 is 1.38 bits per heavy atom. The number of hydrogen-bond donors (Lipinski definition) is 0. The van der Waals surface area contributed by atoms with Gasteiger partial charge in [0, 0.05) is 50.0 Å². The Kier molecular flexibility index (Phi) is 8.57. The van der Waals surface area contributed by atoms with Gasteiger partial charge in [0.1, 0.15) is 5.82 Å². The third-order valence-electron chi connectivity index (χ3n) is 9.50. The van der Waals surface area contributed by atoms with Crippen molar-refractivity contribution in [3.05, 3.63) is 138 Å². The summed E-state index contributed by atoms with van der Waals surface area (Å²) in [4.78, 5) is 9.08. The molecule has 0 radical (unpaired) electrons. The van der Waals surface area contributed by atoms with Crippen molar-refractivity contribution >= 4 is 33.2 Å². The molecule has 0 atom stereocenters. The quantitative estimate of drug-likeness (QED) is 0.163. The molecule has 0 unspecified atom stereocenters. The molecular formula is C41H39N4OPt-3. The first kappa shape index (κ1) is 32.6. The van der Waals surface area contributed by atoms with E-state index in [2.05, 4.69) is 143 Å². The van der Waals surface area contributed by atoms with Crippen molar-refractivity contribution in [2.24, 2.45) is 0 Å². The molecule has 2 aromatic heterocycles. The average Bonchev–Trinajstić information content (AvgIpc) is 3.66. The molecule has 6 aromatic rings. The third kappa shape index (κ3) is 5.76. The molecule has 1 aliphatic heterocycles. The summed E-state index contributed by atoms with van der Waals surface area (Å²) in [5.41, 5.74) is 12.0. The minimum atomic E-state index is 0. The molecule has 0 saturated carbocycles. The van der Waals surface area contributed by atoms with Gasteiger partial charge in [-0.05, 0) is 109 Å². The Morgan fingerprint density at radius 3 is 2.13 bits per heavy atom. The van der Waals surface area contributed by atoms with Gasteiger partial charge in [0.15, 0.2) is 0 Å². The zero-order valence-electron chi connectivity index (χ0n) is 28.2. The number of aromatic nitrogens is 2. The van der Waals surface area contributed by atoms with Gasteiger partial charge in [0.25, 0.3) is 0 Å². The van der Waals surface area contributed by atoms with Gasteiger partial charge in [0.2, 0.25) is 0 Å². The number of anilines is 2. The summed E-state index contributed by atoms with van der Waals surface area (Å²) in [6, 6.07) is 29.8. The Labute approximate surface area is 292 Å². The second kappa shape index (κ2) is 12.4. The fourth-order valence-corrected chi connectivity index (χ4v) is 6.44. The zero-order valence-corrected chi connectivity index (χ0v) is 30.4. The Hall–Kier alpha value is -4.34. The van der Waals surface area contributed by atoms with E-state index >= 15 is 0 Å². The first-order valence-corrected chi connectivity index (χ1v) is 15.8. The van der Waals surface area contributed by atoms with Crippen LogP contribution in [0.15, 0.2) is 85.3 Å². The van der Waals surface area contributed by atoms with E-state index in [1.54, 1.807) is 0 Å². The van der Waals surface area contributed by atoms with Crippen LogP contribution in [0.4, 0.5) is 11.4 Å². The molecule has 0 N–H and O–H groups in total. The van der Waals surface area contributed by atoms with E-state index in [9.17, 15) is 0 Å². The number of fused-ring (bicyclic) bond motifs is 3. The van der Waals surface area contributed by atoms with Crippen LogP contribution in [0.25, 0.3) is 27.6 Å². The van der Waals surface area contributed by atoms with Crippen LogP contribution in [0.3, 0.4) is 0 Å². The fraction of sp³-hybridized carbons (Fsp3) is 0.220. The minimum absolute atomic E-state index is 0. The van der Waals surface area contributed by atoms with Gasteiger partial charge in [0.05, 0.1) is 0 Å². The van der Waals surface area contributed by atoms with Gasteiger partial charge in [-0.15, -0.1) is 48.1 Å². The second-order valence-corrected chi connectivity index (χ2v) is 13.3. The van der Waals surface area contributed by atoms with Crippen LogP contribution in [-0.4, -0.2) is 9.55 Å².